The molecule has 0 spiro atoms. The molecule has 2 fully saturated rings. The van der Waals surface area contributed by atoms with Gasteiger partial charge >= 0.3 is 0 Å². The van der Waals surface area contributed by atoms with Crippen molar-refractivity contribution in [3.63, 3.8) is 0 Å². The van der Waals surface area contributed by atoms with Crippen LogP contribution in [0.1, 0.15) is 45.1 Å². The molecule has 1 aliphatic carbocycles. The normalized spacial score (nSPS) is 18.5. The largest absolute Gasteiger partial charge is 0.497 e. The van der Waals surface area contributed by atoms with Gasteiger partial charge in [-0.25, -0.2) is 0 Å². The zero-order valence-corrected chi connectivity index (χ0v) is 25.4. The smallest absolute Gasteiger partial charge is 0.243 e. The number of epoxide rings is 1. The van der Waals surface area contributed by atoms with Crippen LogP contribution in [-0.4, -0.2) is 100 Å². The van der Waals surface area contributed by atoms with E-state index in [4.69, 9.17) is 19.5 Å². The molecule has 2 saturated heterocycles. The number of hydrogen-bond donors (Lipinski definition) is 3. The van der Waals surface area contributed by atoms with E-state index < -0.39 is 23.9 Å². The number of aldehydes is 1. The lowest BCUT2D eigenvalue weighted by molar-refractivity contribution is -0.131. The summed E-state index contributed by atoms with van der Waals surface area (Å²) in [4.78, 5) is 51.6. The van der Waals surface area contributed by atoms with Gasteiger partial charge in [-0.05, 0) is 50.3 Å². The maximum absolute atomic E-state index is 13.1. The molecule has 0 saturated carbocycles. The Balaban J connectivity index is 0.000000819. The van der Waals surface area contributed by atoms with Gasteiger partial charge in [0.05, 0.1) is 58.2 Å². The zero-order valence-electron chi connectivity index (χ0n) is 25.4. The molecule has 2 heterocycles. The van der Waals surface area contributed by atoms with Crippen LogP contribution in [0.25, 0.3) is 0 Å². The van der Waals surface area contributed by atoms with Gasteiger partial charge < -0.3 is 35.0 Å². The molecule has 0 radical (unpaired) electrons. The first kappa shape index (κ1) is 35.4. The molecule has 2 unspecified atom stereocenters. The fourth-order valence-corrected chi connectivity index (χ4v) is 4.37. The van der Waals surface area contributed by atoms with Gasteiger partial charge in [0.1, 0.15) is 18.1 Å². The summed E-state index contributed by atoms with van der Waals surface area (Å²) in [5.74, 6) is -0.527. The van der Waals surface area contributed by atoms with Gasteiger partial charge in [-0.2, -0.15) is 5.26 Å². The number of methoxy groups -OCH3 is 1. The number of hydrogen-bond acceptors (Lipinski definition) is 9. The van der Waals surface area contributed by atoms with Crippen LogP contribution in [0.15, 0.2) is 35.9 Å². The summed E-state index contributed by atoms with van der Waals surface area (Å²) in [6.07, 6.45) is 7.09. The highest BCUT2D eigenvalue weighted by Gasteiger charge is 2.25. The Morgan fingerprint density at radius 2 is 1.79 bits per heavy atom. The third-order valence-electron chi connectivity index (χ3n) is 6.78. The molecule has 236 valence electrons. The van der Waals surface area contributed by atoms with Crippen LogP contribution in [-0.2, 0) is 35.1 Å². The third kappa shape index (κ3) is 15.3. The Morgan fingerprint density at radius 3 is 2.33 bits per heavy atom. The van der Waals surface area contributed by atoms with E-state index in [9.17, 15) is 19.2 Å². The van der Waals surface area contributed by atoms with Gasteiger partial charge in [0.2, 0.25) is 17.7 Å². The van der Waals surface area contributed by atoms with Crippen molar-refractivity contribution in [2.45, 2.75) is 64.1 Å². The predicted octanol–water partition coefficient (Wildman–Crippen LogP) is 1.29. The molecule has 3 aliphatic rings. The monoisotopic (exact) mass is 599 g/mol. The molecule has 4 rings (SSSR count). The number of carbonyl (C=O) groups is 4. The van der Waals surface area contributed by atoms with E-state index in [-0.39, 0.29) is 25.4 Å². The van der Waals surface area contributed by atoms with E-state index in [2.05, 4.69) is 29.0 Å². The van der Waals surface area contributed by atoms with Gasteiger partial charge in [-0.3, -0.25) is 19.3 Å². The number of nitrogens with zero attached hydrogens (tertiary/aromatic N) is 2. The Kier molecular flexibility index (Phi) is 16.6. The van der Waals surface area contributed by atoms with Crippen molar-refractivity contribution >= 4 is 24.0 Å². The number of ether oxygens (including phenoxy) is 3. The van der Waals surface area contributed by atoms with Gasteiger partial charge in [0.25, 0.3) is 0 Å². The number of rotatable bonds is 13. The Morgan fingerprint density at radius 1 is 1.14 bits per heavy atom. The molecule has 1 aromatic rings. The summed E-state index contributed by atoms with van der Waals surface area (Å²) >= 11 is 0. The fraction of sp³-hybridized carbons (Fsp3) is 0.581. The van der Waals surface area contributed by atoms with Crippen molar-refractivity contribution in [2.75, 3.05) is 53.1 Å². The average molecular weight is 600 g/mol. The number of allylic oxidation sites excluding steroid dienone is 1. The number of carbonyl (C=O) groups excluding carboxylic acids is 4. The summed E-state index contributed by atoms with van der Waals surface area (Å²) in [5.41, 5.74) is 1.97. The minimum absolute atomic E-state index is 0.184. The average Bonchev–Trinajstić information content (AvgIpc) is 3.62. The Labute approximate surface area is 254 Å². The molecular weight excluding hydrogens is 554 g/mol. The second-order valence-corrected chi connectivity index (χ2v) is 10.4. The van der Waals surface area contributed by atoms with E-state index in [0.29, 0.717) is 44.6 Å². The summed E-state index contributed by atoms with van der Waals surface area (Å²) in [6, 6.07) is 7.36. The molecule has 3 atom stereocenters. The fourth-order valence-electron chi connectivity index (χ4n) is 4.37. The molecule has 0 aromatic heterocycles. The molecule has 12 heteroatoms. The number of amides is 3. The second-order valence-electron chi connectivity index (χ2n) is 10.4. The Hall–Kier alpha value is -3.79. The van der Waals surface area contributed by atoms with Crippen LogP contribution in [0.2, 0.25) is 0 Å². The number of nitrogens with one attached hydrogen (secondary N) is 3. The third-order valence-corrected chi connectivity index (χ3v) is 6.78. The highest BCUT2D eigenvalue weighted by Crippen LogP contribution is 2.21. The van der Waals surface area contributed by atoms with Crippen LogP contribution in [0.4, 0.5) is 0 Å². The van der Waals surface area contributed by atoms with Crippen LogP contribution in [0, 0.1) is 11.3 Å². The van der Waals surface area contributed by atoms with Crippen molar-refractivity contribution in [2.24, 2.45) is 0 Å². The highest BCUT2D eigenvalue weighted by atomic mass is 16.6. The van der Waals surface area contributed by atoms with Gasteiger partial charge in [-0.15, -0.1) is 0 Å². The maximum atomic E-state index is 13.1. The quantitative estimate of drug-likeness (QED) is 0.172. The molecule has 3 N–H and O–H groups in total. The van der Waals surface area contributed by atoms with Crippen LogP contribution < -0.4 is 20.7 Å². The number of morpholine rings is 1. The van der Waals surface area contributed by atoms with E-state index in [1.54, 1.807) is 25.3 Å². The van der Waals surface area contributed by atoms with Crippen molar-refractivity contribution in [3.05, 3.63) is 41.5 Å². The van der Waals surface area contributed by atoms with E-state index in [1.807, 2.05) is 17.0 Å². The molecule has 2 aliphatic heterocycles. The predicted molar refractivity (Wildman–Crippen MR) is 160 cm³/mol. The summed E-state index contributed by atoms with van der Waals surface area (Å²) in [7, 11) is 1.57. The van der Waals surface area contributed by atoms with E-state index >= 15 is 0 Å². The number of benzene rings is 1. The number of nitriles is 1. The molecule has 12 nitrogen and oxygen atoms in total. The van der Waals surface area contributed by atoms with E-state index in [0.717, 1.165) is 43.3 Å². The minimum Gasteiger partial charge on any atom is -0.497 e. The zero-order chi connectivity index (χ0) is 31.5. The van der Waals surface area contributed by atoms with Gasteiger partial charge in [0.15, 0.2) is 0 Å². The first-order valence-corrected chi connectivity index (χ1v) is 14.6. The van der Waals surface area contributed by atoms with Crippen molar-refractivity contribution < 1.29 is 33.4 Å². The second kappa shape index (κ2) is 20.2. The standard InChI is InChI=1S/C26H36N4O6.C3H6O.C2H3N/c1-35-22-8-6-20(7-9-22)15-23(26(34)28-21(18-31)14-19-4-2-3-5-19)29-24(32)16-27-25(33)17-30-10-12-36-13-11-30;1-3-2-4-3;1-2-3/h4,6-9,18,21,23H,2-3,5,10-17H2,1H3,(H,27,33)(H,28,34)(H,29,32);3H,2H2,1H3;1H3/t21-,23?;;/m0../s1. The van der Waals surface area contributed by atoms with Crippen LogP contribution in [0.3, 0.4) is 0 Å². The first-order valence-electron chi connectivity index (χ1n) is 14.6. The van der Waals surface area contributed by atoms with Crippen LogP contribution in [0.5, 0.6) is 5.75 Å². The van der Waals surface area contributed by atoms with E-state index in [1.165, 1.54) is 6.92 Å². The lowest BCUT2D eigenvalue weighted by Crippen LogP contribution is -2.53. The Bertz CT molecular complexity index is 1090. The topological polar surface area (TPSA) is 162 Å². The molecule has 43 heavy (non-hydrogen) atoms. The van der Waals surface area contributed by atoms with Crippen molar-refractivity contribution in [3.8, 4) is 11.8 Å². The highest BCUT2D eigenvalue weighted by molar-refractivity contribution is 5.91. The first-order chi connectivity index (χ1) is 20.8. The molecular formula is C31H45N5O7. The van der Waals surface area contributed by atoms with Crippen molar-refractivity contribution in [1.29, 1.82) is 5.26 Å². The van der Waals surface area contributed by atoms with Gasteiger partial charge in [-0.1, -0.05) is 23.8 Å². The molecule has 0 bridgehead atoms. The molecule has 3 amide bonds. The summed E-state index contributed by atoms with van der Waals surface area (Å²) in [6.45, 7) is 6.89. The maximum Gasteiger partial charge on any atom is 0.243 e. The SMILES string of the molecule is CC#N.CC1CO1.COc1ccc(CC(NC(=O)CNC(=O)CN2CCOCC2)C(=O)N[C@H](C=O)CC2=CCCC2)cc1. The minimum atomic E-state index is -0.915. The lowest BCUT2D eigenvalue weighted by atomic mass is 10.0. The van der Waals surface area contributed by atoms with Crippen molar-refractivity contribution in [1.82, 2.24) is 20.9 Å². The van der Waals surface area contributed by atoms with Crippen LogP contribution >= 0.6 is 0 Å². The van der Waals surface area contributed by atoms with Gasteiger partial charge in [0, 0.05) is 26.4 Å². The molecule has 1 aromatic carbocycles. The summed E-state index contributed by atoms with van der Waals surface area (Å²) < 4.78 is 15.2. The lowest BCUT2D eigenvalue weighted by Gasteiger charge is -2.25. The summed E-state index contributed by atoms with van der Waals surface area (Å²) in [5, 5.41) is 15.4.